The highest BCUT2D eigenvalue weighted by Gasteiger charge is 2.10. The van der Waals surface area contributed by atoms with Crippen molar-refractivity contribution in [2.45, 2.75) is 6.92 Å². The van der Waals surface area contributed by atoms with Gasteiger partial charge in [-0.1, -0.05) is 0 Å². The topological polar surface area (TPSA) is 80.9 Å². The summed E-state index contributed by atoms with van der Waals surface area (Å²) < 4.78 is 0.615. The number of nitrogens with one attached hydrogen (secondary N) is 1. The molecule has 0 aliphatic carbocycles. The van der Waals surface area contributed by atoms with E-state index < -0.39 is 0 Å². The van der Waals surface area contributed by atoms with Gasteiger partial charge in [-0.05, 0) is 46.6 Å². The van der Waals surface area contributed by atoms with Crippen LogP contribution in [0, 0.1) is 6.92 Å². The first-order valence-electron chi connectivity index (χ1n) is 5.21. The molecule has 6 heteroatoms. The monoisotopic (exact) mass is 306 g/mol. The summed E-state index contributed by atoms with van der Waals surface area (Å²) in [6.07, 6.45) is 3.00. The van der Waals surface area contributed by atoms with Crippen LogP contribution in [0.4, 0.5) is 11.5 Å². The van der Waals surface area contributed by atoms with Gasteiger partial charge in [0.2, 0.25) is 0 Å². The van der Waals surface area contributed by atoms with Crippen molar-refractivity contribution < 1.29 is 4.79 Å². The molecule has 0 aliphatic heterocycles. The minimum absolute atomic E-state index is 0.232. The Balaban J connectivity index is 2.19. The highest BCUT2D eigenvalue weighted by molar-refractivity contribution is 9.10. The van der Waals surface area contributed by atoms with Crippen LogP contribution in [0.5, 0.6) is 0 Å². The summed E-state index contributed by atoms with van der Waals surface area (Å²) in [5, 5.41) is 2.67. The Morgan fingerprint density at radius 2 is 2.11 bits per heavy atom. The standard InChI is InChI=1S/C12H11BrN4O/c1-7-4-8(14)2-3-9(7)12(18)17-11-6-15-10(13)5-16-11/h2-6H,14H2,1H3,(H,16,17,18). The van der Waals surface area contributed by atoms with Crippen molar-refractivity contribution in [3.05, 3.63) is 46.3 Å². The smallest absolute Gasteiger partial charge is 0.257 e. The Hall–Kier alpha value is -1.95. The number of nitrogen functional groups attached to an aromatic ring is 1. The molecule has 3 N–H and O–H groups in total. The second-order valence-electron chi connectivity index (χ2n) is 3.75. The molecule has 92 valence electrons. The van der Waals surface area contributed by atoms with Crippen molar-refractivity contribution in [3.8, 4) is 0 Å². The van der Waals surface area contributed by atoms with E-state index in [-0.39, 0.29) is 5.91 Å². The molecule has 0 saturated carbocycles. The number of amides is 1. The van der Waals surface area contributed by atoms with Crippen molar-refractivity contribution in [1.82, 2.24) is 9.97 Å². The van der Waals surface area contributed by atoms with Gasteiger partial charge in [-0.15, -0.1) is 0 Å². The lowest BCUT2D eigenvalue weighted by atomic mass is 10.1. The van der Waals surface area contributed by atoms with Gasteiger partial charge in [0.05, 0.1) is 12.4 Å². The average Bonchev–Trinajstić information content (AvgIpc) is 2.32. The minimum Gasteiger partial charge on any atom is -0.399 e. The van der Waals surface area contributed by atoms with Crippen LogP contribution in [0.1, 0.15) is 15.9 Å². The van der Waals surface area contributed by atoms with E-state index in [1.165, 1.54) is 12.4 Å². The maximum atomic E-state index is 12.0. The van der Waals surface area contributed by atoms with Crippen molar-refractivity contribution in [3.63, 3.8) is 0 Å². The predicted octanol–water partition coefficient (Wildman–Crippen LogP) is 2.38. The average molecular weight is 307 g/mol. The highest BCUT2D eigenvalue weighted by atomic mass is 79.9. The van der Waals surface area contributed by atoms with Gasteiger partial charge in [-0.25, -0.2) is 9.97 Å². The van der Waals surface area contributed by atoms with E-state index in [9.17, 15) is 4.79 Å². The molecule has 18 heavy (non-hydrogen) atoms. The van der Waals surface area contributed by atoms with E-state index in [2.05, 4.69) is 31.2 Å². The number of hydrogen-bond donors (Lipinski definition) is 2. The highest BCUT2D eigenvalue weighted by Crippen LogP contribution is 2.14. The van der Waals surface area contributed by atoms with E-state index in [1.54, 1.807) is 18.2 Å². The largest absolute Gasteiger partial charge is 0.399 e. The first kappa shape index (κ1) is 12.5. The van der Waals surface area contributed by atoms with Gasteiger partial charge >= 0.3 is 0 Å². The molecule has 1 amide bonds. The molecule has 0 atom stereocenters. The van der Waals surface area contributed by atoms with Crippen LogP contribution in [-0.4, -0.2) is 15.9 Å². The molecular formula is C12H11BrN4O. The van der Waals surface area contributed by atoms with E-state index in [1.807, 2.05) is 6.92 Å². The van der Waals surface area contributed by atoms with Crippen molar-refractivity contribution in [1.29, 1.82) is 0 Å². The predicted molar refractivity (Wildman–Crippen MR) is 73.3 cm³/mol. The summed E-state index contributed by atoms with van der Waals surface area (Å²) in [6.45, 7) is 1.83. The van der Waals surface area contributed by atoms with Crippen molar-refractivity contribution in [2.75, 3.05) is 11.1 Å². The van der Waals surface area contributed by atoms with E-state index in [4.69, 9.17) is 5.73 Å². The first-order chi connectivity index (χ1) is 8.56. The summed E-state index contributed by atoms with van der Waals surface area (Å²) in [6, 6.07) is 5.13. The van der Waals surface area contributed by atoms with Crippen molar-refractivity contribution >= 4 is 33.3 Å². The fraction of sp³-hybridized carbons (Fsp3) is 0.0833. The fourth-order valence-electron chi connectivity index (χ4n) is 1.50. The van der Waals surface area contributed by atoms with Crippen LogP contribution >= 0.6 is 15.9 Å². The summed E-state index contributed by atoms with van der Waals surface area (Å²) in [5.74, 6) is 0.170. The lowest BCUT2D eigenvalue weighted by molar-refractivity contribution is 0.102. The third-order valence-corrected chi connectivity index (χ3v) is 2.77. The lowest BCUT2D eigenvalue weighted by Crippen LogP contribution is -2.14. The van der Waals surface area contributed by atoms with Gasteiger partial charge < -0.3 is 11.1 Å². The zero-order chi connectivity index (χ0) is 13.1. The number of hydrogen-bond acceptors (Lipinski definition) is 4. The van der Waals surface area contributed by atoms with Crippen LogP contribution in [0.2, 0.25) is 0 Å². The summed E-state index contributed by atoms with van der Waals surface area (Å²) in [7, 11) is 0. The number of nitrogens with two attached hydrogens (primary N) is 1. The Morgan fingerprint density at radius 3 is 2.72 bits per heavy atom. The molecule has 2 aromatic rings. The van der Waals surface area contributed by atoms with E-state index in [0.29, 0.717) is 21.7 Å². The molecule has 0 aliphatic rings. The summed E-state index contributed by atoms with van der Waals surface area (Å²) in [5.41, 5.74) is 7.65. The molecule has 1 aromatic carbocycles. The Bertz CT molecular complexity index is 583. The molecule has 5 nitrogen and oxygen atoms in total. The molecule has 1 aromatic heterocycles. The number of carbonyl (C=O) groups excluding carboxylic acids is 1. The molecule has 0 saturated heterocycles. The summed E-state index contributed by atoms with van der Waals surface area (Å²) in [4.78, 5) is 20.0. The lowest BCUT2D eigenvalue weighted by Gasteiger charge is -2.07. The number of benzene rings is 1. The number of carbonyl (C=O) groups is 1. The normalized spacial score (nSPS) is 10.1. The van der Waals surface area contributed by atoms with Gasteiger partial charge in [-0.3, -0.25) is 4.79 Å². The number of rotatable bonds is 2. The van der Waals surface area contributed by atoms with Crippen LogP contribution in [-0.2, 0) is 0 Å². The zero-order valence-electron chi connectivity index (χ0n) is 9.64. The van der Waals surface area contributed by atoms with Crippen LogP contribution < -0.4 is 11.1 Å². The molecule has 0 fully saturated rings. The number of nitrogens with zero attached hydrogens (tertiary/aromatic N) is 2. The summed E-state index contributed by atoms with van der Waals surface area (Å²) >= 11 is 3.18. The molecular weight excluding hydrogens is 296 g/mol. The molecule has 0 unspecified atom stereocenters. The van der Waals surface area contributed by atoms with Crippen LogP contribution in [0.15, 0.2) is 35.2 Å². The van der Waals surface area contributed by atoms with Gasteiger partial charge in [0.15, 0.2) is 5.82 Å². The number of aryl methyl sites for hydroxylation is 1. The fourth-order valence-corrected chi connectivity index (χ4v) is 1.71. The quantitative estimate of drug-likeness (QED) is 0.835. The molecule has 0 radical (unpaired) electrons. The maximum absolute atomic E-state index is 12.0. The second kappa shape index (κ2) is 5.14. The van der Waals surface area contributed by atoms with Gasteiger partial charge in [-0.2, -0.15) is 0 Å². The van der Waals surface area contributed by atoms with Crippen LogP contribution in [0.25, 0.3) is 0 Å². The Labute approximate surface area is 113 Å². The molecule has 0 bridgehead atoms. The van der Waals surface area contributed by atoms with Gasteiger partial charge in [0, 0.05) is 11.3 Å². The van der Waals surface area contributed by atoms with Gasteiger partial charge in [0.1, 0.15) is 4.60 Å². The maximum Gasteiger partial charge on any atom is 0.257 e. The SMILES string of the molecule is Cc1cc(N)ccc1C(=O)Nc1cnc(Br)cn1. The molecule has 1 heterocycles. The number of anilines is 2. The third kappa shape index (κ3) is 2.84. The molecule has 0 spiro atoms. The minimum atomic E-state index is -0.232. The number of aromatic nitrogens is 2. The Morgan fingerprint density at radius 1 is 1.33 bits per heavy atom. The van der Waals surface area contributed by atoms with E-state index in [0.717, 1.165) is 5.56 Å². The van der Waals surface area contributed by atoms with Crippen molar-refractivity contribution in [2.24, 2.45) is 0 Å². The second-order valence-corrected chi connectivity index (χ2v) is 4.57. The Kier molecular flexibility index (Phi) is 3.57. The number of halogens is 1. The van der Waals surface area contributed by atoms with E-state index >= 15 is 0 Å². The third-order valence-electron chi connectivity index (χ3n) is 2.36. The molecule has 2 rings (SSSR count). The zero-order valence-corrected chi connectivity index (χ0v) is 11.2. The van der Waals surface area contributed by atoms with Gasteiger partial charge in [0.25, 0.3) is 5.91 Å². The first-order valence-corrected chi connectivity index (χ1v) is 6.00. The van der Waals surface area contributed by atoms with Crippen LogP contribution in [0.3, 0.4) is 0 Å².